The highest BCUT2D eigenvalue weighted by molar-refractivity contribution is 6.05. The van der Waals surface area contributed by atoms with E-state index in [1.165, 1.54) is 5.56 Å². The average molecular weight is 328 g/mol. The second-order valence-corrected chi connectivity index (χ2v) is 7.37. The first-order chi connectivity index (χ1) is 11.3. The summed E-state index contributed by atoms with van der Waals surface area (Å²) in [5.74, 6) is -0.722. The minimum atomic E-state index is -0.551. The third kappa shape index (κ3) is 2.72. The predicted octanol–water partition coefficient (Wildman–Crippen LogP) is 2.53. The second-order valence-electron chi connectivity index (χ2n) is 7.37. The monoisotopic (exact) mass is 328 g/mol. The zero-order valence-electron chi connectivity index (χ0n) is 14.5. The summed E-state index contributed by atoms with van der Waals surface area (Å²) in [6, 6.07) is 5.31. The van der Waals surface area contributed by atoms with Crippen LogP contribution < -0.4 is 5.32 Å². The molecular formula is C19H24N2O3. The normalized spacial score (nSPS) is 21.0. The van der Waals surface area contributed by atoms with Crippen LogP contribution in [0.1, 0.15) is 67.9 Å². The third-order valence-corrected chi connectivity index (χ3v) is 5.19. The fraction of sp³-hybridized carbons (Fsp3) is 0.526. The Bertz CT molecular complexity index is 709. The van der Waals surface area contributed by atoms with Crippen LogP contribution in [-0.2, 0) is 21.5 Å². The Morgan fingerprint density at radius 1 is 1.25 bits per heavy atom. The summed E-state index contributed by atoms with van der Waals surface area (Å²) in [5, 5.41) is 2.35. The van der Waals surface area contributed by atoms with Crippen molar-refractivity contribution in [1.29, 1.82) is 0 Å². The van der Waals surface area contributed by atoms with Gasteiger partial charge < -0.3 is 4.90 Å². The molecule has 1 unspecified atom stereocenters. The maximum atomic E-state index is 12.8. The molecule has 1 atom stereocenters. The maximum Gasteiger partial charge on any atom is 0.255 e. The van der Waals surface area contributed by atoms with Crippen molar-refractivity contribution in [2.45, 2.75) is 64.5 Å². The molecule has 1 aromatic rings. The van der Waals surface area contributed by atoms with Gasteiger partial charge in [0.15, 0.2) is 0 Å². The molecule has 2 heterocycles. The van der Waals surface area contributed by atoms with E-state index in [0.717, 1.165) is 18.4 Å². The van der Waals surface area contributed by atoms with Crippen LogP contribution >= 0.6 is 0 Å². The van der Waals surface area contributed by atoms with Gasteiger partial charge in [-0.3, -0.25) is 19.7 Å². The first kappa shape index (κ1) is 16.7. The minimum absolute atomic E-state index is 0.0127. The molecular weight excluding hydrogens is 304 g/mol. The molecule has 2 aliphatic heterocycles. The number of piperidine rings is 1. The smallest absolute Gasteiger partial charge is 0.255 e. The van der Waals surface area contributed by atoms with E-state index in [0.29, 0.717) is 18.5 Å². The van der Waals surface area contributed by atoms with Gasteiger partial charge in [0.1, 0.15) is 6.04 Å². The molecule has 0 radical (unpaired) electrons. The molecule has 2 aliphatic rings. The zero-order valence-corrected chi connectivity index (χ0v) is 14.5. The highest BCUT2D eigenvalue weighted by atomic mass is 16.2. The molecule has 0 saturated carbocycles. The molecule has 3 amide bonds. The van der Waals surface area contributed by atoms with E-state index in [1.54, 1.807) is 4.90 Å². The van der Waals surface area contributed by atoms with Crippen LogP contribution in [0.5, 0.6) is 0 Å². The summed E-state index contributed by atoms with van der Waals surface area (Å²) < 4.78 is 0. The first-order valence-corrected chi connectivity index (χ1v) is 8.62. The van der Waals surface area contributed by atoms with Crippen LogP contribution in [0.4, 0.5) is 0 Å². The van der Waals surface area contributed by atoms with Crippen LogP contribution in [0, 0.1) is 0 Å². The molecule has 5 nitrogen and oxygen atoms in total. The number of amides is 3. The number of rotatable bonds is 4. The minimum Gasteiger partial charge on any atom is -0.322 e. The van der Waals surface area contributed by atoms with Gasteiger partial charge >= 0.3 is 0 Å². The number of hydrogen-bond acceptors (Lipinski definition) is 3. The van der Waals surface area contributed by atoms with E-state index in [1.807, 2.05) is 12.1 Å². The molecule has 3 rings (SSSR count). The largest absolute Gasteiger partial charge is 0.322 e. The number of nitrogens with zero attached hydrogens (tertiary/aromatic N) is 1. The highest BCUT2D eigenvalue weighted by Gasteiger charge is 2.40. The van der Waals surface area contributed by atoms with Crippen molar-refractivity contribution in [3.05, 3.63) is 34.9 Å². The fourth-order valence-corrected chi connectivity index (χ4v) is 3.98. The molecule has 1 fully saturated rings. The quantitative estimate of drug-likeness (QED) is 0.864. The zero-order chi connectivity index (χ0) is 17.5. The Hall–Kier alpha value is -2.17. The van der Waals surface area contributed by atoms with E-state index in [-0.39, 0.29) is 29.6 Å². The summed E-state index contributed by atoms with van der Waals surface area (Å²) in [6.45, 7) is 7.01. The third-order valence-electron chi connectivity index (χ3n) is 5.19. The van der Waals surface area contributed by atoms with E-state index in [9.17, 15) is 14.4 Å². The Kier molecular flexibility index (Phi) is 4.20. The summed E-state index contributed by atoms with van der Waals surface area (Å²) in [4.78, 5) is 37.9. The fourth-order valence-electron chi connectivity index (χ4n) is 3.98. The average Bonchev–Trinajstić information content (AvgIpc) is 2.84. The van der Waals surface area contributed by atoms with Crippen LogP contribution in [0.2, 0.25) is 0 Å². The van der Waals surface area contributed by atoms with E-state index >= 15 is 0 Å². The molecule has 1 N–H and O–H groups in total. The van der Waals surface area contributed by atoms with Crippen molar-refractivity contribution < 1.29 is 14.4 Å². The van der Waals surface area contributed by atoms with Gasteiger partial charge in [0.05, 0.1) is 0 Å². The first-order valence-electron chi connectivity index (χ1n) is 8.62. The molecule has 0 spiro atoms. The lowest BCUT2D eigenvalue weighted by Gasteiger charge is -2.30. The Labute approximate surface area is 142 Å². The molecule has 24 heavy (non-hydrogen) atoms. The van der Waals surface area contributed by atoms with Gasteiger partial charge in [-0.25, -0.2) is 0 Å². The summed E-state index contributed by atoms with van der Waals surface area (Å²) >= 11 is 0. The van der Waals surface area contributed by atoms with Gasteiger partial charge in [0, 0.05) is 18.5 Å². The number of carbonyl (C=O) groups is 3. The number of hydrogen-bond donors (Lipinski definition) is 1. The molecule has 1 aromatic carbocycles. The maximum absolute atomic E-state index is 12.8. The Balaban J connectivity index is 1.93. The summed E-state index contributed by atoms with van der Waals surface area (Å²) in [5.41, 5.74) is 2.90. The van der Waals surface area contributed by atoms with E-state index < -0.39 is 6.04 Å². The van der Waals surface area contributed by atoms with Gasteiger partial charge in [-0.1, -0.05) is 39.3 Å². The SMILES string of the molecule is CCCC(C)(C)c1cccc2c1CN(C1CCC(=O)NC1=O)C2=O. The van der Waals surface area contributed by atoms with Crippen molar-refractivity contribution in [2.75, 3.05) is 0 Å². The van der Waals surface area contributed by atoms with Crippen LogP contribution in [0.25, 0.3) is 0 Å². The number of nitrogens with one attached hydrogen (secondary N) is 1. The Morgan fingerprint density at radius 3 is 2.67 bits per heavy atom. The van der Waals surface area contributed by atoms with Crippen LogP contribution in [-0.4, -0.2) is 28.7 Å². The number of carbonyl (C=O) groups excluding carboxylic acids is 3. The van der Waals surface area contributed by atoms with Gasteiger partial charge in [-0.15, -0.1) is 0 Å². The molecule has 128 valence electrons. The molecule has 0 aliphatic carbocycles. The van der Waals surface area contributed by atoms with Gasteiger partial charge in [0.25, 0.3) is 5.91 Å². The standard InChI is InChI=1S/C19H24N2O3/c1-4-10-19(2,3)14-7-5-6-12-13(14)11-21(18(12)24)15-8-9-16(22)20-17(15)23/h5-7,15H,4,8-11H2,1-3H3,(H,20,22,23). The lowest BCUT2D eigenvalue weighted by Crippen LogP contribution is -2.52. The topological polar surface area (TPSA) is 66.5 Å². The molecule has 0 bridgehead atoms. The number of benzene rings is 1. The Morgan fingerprint density at radius 2 is 2.00 bits per heavy atom. The molecule has 1 saturated heterocycles. The number of fused-ring (bicyclic) bond motifs is 1. The lowest BCUT2D eigenvalue weighted by molar-refractivity contribution is -0.136. The molecule has 0 aromatic heterocycles. The molecule has 5 heteroatoms. The van der Waals surface area contributed by atoms with Gasteiger partial charge in [-0.2, -0.15) is 0 Å². The summed E-state index contributed by atoms with van der Waals surface area (Å²) in [6.07, 6.45) is 2.79. The van der Waals surface area contributed by atoms with Crippen molar-refractivity contribution in [1.82, 2.24) is 10.2 Å². The highest BCUT2D eigenvalue weighted by Crippen LogP contribution is 2.37. The van der Waals surface area contributed by atoms with Crippen molar-refractivity contribution in [2.24, 2.45) is 0 Å². The van der Waals surface area contributed by atoms with Gasteiger partial charge in [0.2, 0.25) is 11.8 Å². The second kappa shape index (κ2) is 6.04. The van der Waals surface area contributed by atoms with Crippen molar-refractivity contribution in [3.8, 4) is 0 Å². The lowest BCUT2D eigenvalue weighted by atomic mass is 9.77. The predicted molar refractivity (Wildman–Crippen MR) is 90.4 cm³/mol. The van der Waals surface area contributed by atoms with Crippen LogP contribution in [0.3, 0.4) is 0 Å². The number of imide groups is 1. The van der Waals surface area contributed by atoms with E-state index in [2.05, 4.69) is 32.2 Å². The van der Waals surface area contributed by atoms with Crippen LogP contribution in [0.15, 0.2) is 18.2 Å². The van der Waals surface area contributed by atoms with Crippen molar-refractivity contribution >= 4 is 17.7 Å². The summed E-state index contributed by atoms with van der Waals surface area (Å²) in [7, 11) is 0. The van der Waals surface area contributed by atoms with E-state index in [4.69, 9.17) is 0 Å². The van der Waals surface area contributed by atoms with Gasteiger partial charge in [-0.05, 0) is 35.4 Å². The van der Waals surface area contributed by atoms with Crippen molar-refractivity contribution in [3.63, 3.8) is 0 Å².